The van der Waals surface area contributed by atoms with Crippen LogP contribution >= 0.6 is 0 Å². The largest absolute Gasteiger partial charge is 0.507 e. The Balaban J connectivity index is 1.90. The average Bonchev–Trinajstić information content (AvgIpc) is 2.63. The highest BCUT2D eigenvalue weighted by molar-refractivity contribution is 5.92. The van der Waals surface area contributed by atoms with E-state index in [9.17, 15) is 19.8 Å². The van der Waals surface area contributed by atoms with Crippen molar-refractivity contribution in [3.8, 4) is 5.75 Å². The lowest BCUT2D eigenvalue weighted by molar-refractivity contribution is 0.0682. The maximum absolute atomic E-state index is 11.1. The minimum Gasteiger partial charge on any atom is -0.507 e. The van der Waals surface area contributed by atoms with Crippen LogP contribution in [0.15, 0.2) is 60.7 Å². The number of aromatic carboxylic acids is 2. The monoisotopic (exact) mass is 352 g/mol. The summed E-state index contributed by atoms with van der Waals surface area (Å²) >= 11 is 0. The average molecular weight is 352 g/mol. The van der Waals surface area contributed by atoms with E-state index in [1.54, 1.807) is 36.4 Å². The zero-order valence-electron chi connectivity index (χ0n) is 13.6. The number of carboxylic acid groups (broad SMARTS) is 2. The molecule has 0 aromatic heterocycles. The minimum absolute atomic E-state index is 0.0868. The molecule has 0 radical (unpaired) electrons. The molecule has 1 aliphatic carbocycles. The van der Waals surface area contributed by atoms with Gasteiger partial charge in [-0.3, -0.25) is 0 Å². The van der Waals surface area contributed by atoms with Gasteiger partial charge in [0.25, 0.3) is 0 Å². The number of benzene rings is 2. The summed E-state index contributed by atoms with van der Waals surface area (Å²) in [5, 5.41) is 38.6. The maximum Gasteiger partial charge on any atom is 0.339 e. The van der Waals surface area contributed by atoms with Crippen LogP contribution in [-0.2, 0) is 5.60 Å². The third kappa shape index (κ3) is 3.22. The zero-order valence-corrected chi connectivity index (χ0v) is 13.6. The number of rotatable bonds is 4. The van der Waals surface area contributed by atoms with Crippen molar-refractivity contribution in [2.75, 3.05) is 0 Å². The molecule has 0 fully saturated rings. The van der Waals surface area contributed by atoms with Gasteiger partial charge < -0.3 is 20.4 Å². The van der Waals surface area contributed by atoms with Crippen LogP contribution in [0.4, 0.5) is 0 Å². The quantitative estimate of drug-likeness (QED) is 0.672. The predicted octanol–water partition coefficient (Wildman–Crippen LogP) is 3.02. The van der Waals surface area contributed by atoms with Gasteiger partial charge in [0.15, 0.2) is 0 Å². The van der Waals surface area contributed by atoms with Crippen molar-refractivity contribution in [2.45, 2.75) is 12.0 Å². The van der Waals surface area contributed by atoms with Crippen molar-refractivity contribution < 1.29 is 30.0 Å². The zero-order chi connectivity index (χ0) is 18.9. The summed E-state index contributed by atoms with van der Waals surface area (Å²) in [7, 11) is 0. The van der Waals surface area contributed by atoms with Crippen molar-refractivity contribution in [3.05, 3.63) is 82.9 Å². The van der Waals surface area contributed by atoms with Crippen molar-refractivity contribution in [2.24, 2.45) is 0 Å². The van der Waals surface area contributed by atoms with E-state index >= 15 is 0 Å². The number of aliphatic hydroxyl groups is 1. The van der Waals surface area contributed by atoms with Crippen LogP contribution < -0.4 is 0 Å². The molecular weight excluding hydrogens is 336 g/mol. The molecule has 0 aliphatic heterocycles. The van der Waals surface area contributed by atoms with Crippen LogP contribution in [0.5, 0.6) is 5.75 Å². The summed E-state index contributed by atoms with van der Waals surface area (Å²) in [5.41, 5.74) is 0.294. The maximum atomic E-state index is 11.1. The molecule has 1 unspecified atom stereocenters. The SMILES string of the molecule is O=C(O)c1cccc(C2(O)C=CC(c3ccc(O)c(C(=O)O)c3)=CC2)c1. The molecule has 0 heterocycles. The first-order chi connectivity index (χ1) is 12.3. The van der Waals surface area contributed by atoms with Crippen LogP contribution in [0.3, 0.4) is 0 Å². The highest BCUT2D eigenvalue weighted by atomic mass is 16.4. The number of carbonyl (C=O) groups is 2. The van der Waals surface area contributed by atoms with Gasteiger partial charge >= 0.3 is 11.9 Å². The van der Waals surface area contributed by atoms with E-state index in [-0.39, 0.29) is 23.3 Å². The molecule has 4 N–H and O–H groups in total. The summed E-state index contributed by atoms with van der Waals surface area (Å²) in [6, 6.07) is 10.4. The molecule has 0 saturated carbocycles. The summed E-state index contributed by atoms with van der Waals surface area (Å²) in [6.07, 6.45) is 5.14. The third-order valence-electron chi connectivity index (χ3n) is 4.34. The molecule has 132 valence electrons. The normalized spacial score (nSPS) is 19.0. The van der Waals surface area contributed by atoms with E-state index in [4.69, 9.17) is 10.2 Å². The van der Waals surface area contributed by atoms with Crippen LogP contribution in [-0.4, -0.2) is 32.4 Å². The standard InChI is InChI=1S/C20H16O6/c21-17-5-4-13(11-16(17)19(24)25)12-6-8-20(26,9-7-12)15-3-1-2-14(10-15)18(22)23/h1-8,10-11,21,26H,9H2,(H,22,23)(H,24,25). The second-order valence-electron chi connectivity index (χ2n) is 6.04. The Morgan fingerprint density at radius 1 is 1.00 bits per heavy atom. The first-order valence-electron chi connectivity index (χ1n) is 7.82. The number of phenols is 1. The van der Waals surface area contributed by atoms with E-state index in [0.717, 1.165) is 0 Å². The Morgan fingerprint density at radius 3 is 2.38 bits per heavy atom. The molecule has 0 bridgehead atoms. The minimum atomic E-state index is -1.35. The molecule has 1 aliphatic rings. The van der Waals surface area contributed by atoms with Crippen molar-refractivity contribution in [1.29, 1.82) is 0 Å². The molecule has 6 heteroatoms. The van der Waals surface area contributed by atoms with Crippen molar-refractivity contribution >= 4 is 17.5 Å². The Labute approximate surface area is 149 Å². The molecule has 6 nitrogen and oxygen atoms in total. The Bertz CT molecular complexity index is 957. The molecule has 0 spiro atoms. The van der Waals surface area contributed by atoms with Crippen LogP contribution in [0.2, 0.25) is 0 Å². The van der Waals surface area contributed by atoms with E-state index in [1.807, 2.05) is 0 Å². The van der Waals surface area contributed by atoms with Gasteiger partial charge in [0.1, 0.15) is 16.9 Å². The van der Waals surface area contributed by atoms with Gasteiger partial charge in [-0.15, -0.1) is 0 Å². The second kappa shape index (κ2) is 6.50. The van der Waals surface area contributed by atoms with E-state index in [1.165, 1.54) is 24.3 Å². The second-order valence-corrected chi connectivity index (χ2v) is 6.04. The van der Waals surface area contributed by atoms with Crippen LogP contribution in [0.1, 0.15) is 38.3 Å². The van der Waals surface area contributed by atoms with Crippen LogP contribution in [0.25, 0.3) is 5.57 Å². The first kappa shape index (κ1) is 17.4. The van der Waals surface area contributed by atoms with Gasteiger partial charge in [0.05, 0.1) is 5.56 Å². The number of allylic oxidation sites excluding steroid dienone is 2. The molecule has 0 amide bonds. The lowest BCUT2D eigenvalue weighted by atomic mass is 9.83. The molecule has 0 saturated heterocycles. The number of carboxylic acids is 2. The molecule has 1 atom stereocenters. The van der Waals surface area contributed by atoms with Gasteiger partial charge in [0, 0.05) is 6.42 Å². The predicted molar refractivity (Wildman–Crippen MR) is 94.1 cm³/mol. The van der Waals surface area contributed by atoms with E-state index in [2.05, 4.69) is 0 Å². The van der Waals surface area contributed by atoms with E-state index in [0.29, 0.717) is 16.7 Å². The van der Waals surface area contributed by atoms with Gasteiger partial charge in [0.2, 0.25) is 0 Å². The highest BCUT2D eigenvalue weighted by Gasteiger charge is 2.28. The van der Waals surface area contributed by atoms with E-state index < -0.39 is 17.5 Å². The number of aromatic hydroxyl groups is 1. The number of hydrogen-bond donors (Lipinski definition) is 4. The molecule has 2 aromatic rings. The highest BCUT2D eigenvalue weighted by Crippen LogP contribution is 2.35. The third-order valence-corrected chi connectivity index (χ3v) is 4.34. The molecule has 2 aromatic carbocycles. The molecular formula is C20H16O6. The van der Waals surface area contributed by atoms with Gasteiger partial charge in [-0.05, 0) is 47.0 Å². The van der Waals surface area contributed by atoms with Gasteiger partial charge in [-0.2, -0.15) is 0 Å². The fourth-order valence-electron chi connectivity index (χ4n) is 2.87. The van der Waals surface area contributed by atoms with Gasteiger partial charge in [-0.25, -0.2) is 9.59 Å². The smallest absolute Gasteiger partial charge is 0.339 e. The summed E-state index contributed by atoms with van der Waals surface area (Å²) < 4.78 is 0. The first-order valence-corrected chi connectivity index (χ1v) is 7.82. The lowest BCUT2D eigenvalue weighted by Crippen LogP contribution is -2.24. The molecule has 3 rings (SSSR count). The topological polar surface area (TPSA) is 115 Å². The van der Waals surface area contributed by atoms with Crippen molar-refractivity contribution in [3.63, 3.8) is 0 Å². The Kier molecular flexibility index (Phi) is 4.36. The fraction of sp³-hybridized carbons (Fsp3) is 0.100. The van der Waals surface area contributed by atoms with Gasteiger partial charge in [-0.1, -0.05) is 30.4 Å². The van der Waals surface area contributed by atoms with Crippen LogP contribution in [0, 0.1) is 0 Å². The Morgan fingerprint density at radius 2 is 1.77 bits per heavy atom. The van der Waals surface area contributed by atoms with Crippen molar-refractivity contribution in [1.82, 2.24) is 0 Å². The molecule has 26 heavy (non-hydrogen) atoms. The summed E-state index contributed by atoms with van der Waals surface area (Å²) in [5.74, 6) is -2.62. The Hall–Kier alpha value is -3.38. The number of hydrogen-bond acceptors (Lipinski definition) is 4. The summed E-state index contributed by atoms with van der Waals surface area (Å²) in [6.45, 7) is 0. The fourth-order valence-corrected chi connectivity index (χ4v) is 2.87. The summed E-state index contributed by atoms with van der Waals surface area (Å²) in [4.78, 5) is 22.3. The lowest BCUT2D eigenvalue weighted by Gasteiger charge is -2.27.